The van der Waals surface area contributed by atoms with E-state index in [0.29, 0.717) is 6.61 Å². The highest BCUT2D eigenvalue weighted by Crippen LogP contribution is 2.28. The average molecular weight is 316 g/mol. The van der Waals surface area contributed by atoms with Gasteiger partial charge in [-0.2, -0.15) is 0 Å². The molecule has 2 rings (SSSR count). The molecule has 1 N–H and O–H groups in total. The number of hydrogen-bond acceptors (Lipinski definition) is 5. The molecular formula is C18H24N2O3. The minimum atomic E-state index is 0.467. The number of ether oxygens (including phenoxy) is 3. The molecule has 0 fully saturated rings. The molecule has 0 unspecified atom stereocenters. The van der Waals surface area contributed by atoms with E-state index in [1.165, 1.54) is 0 Å². The molecule has 1 aromatic carbocycles. The summed E-state index contributed by atoms with van der Waals surface area (Å²) in [4.78, 5) is 4.09. The van der Waals surface area contributed by atoms with Gasteiger partial charge >= 0.3 is 0 Å². The maximum atomic E-state index is 5.89. The van der Waals surface area contributed by atoms with E-state index in [0.717, 1.165) is 48.7 Å². The van der Waals surface area contributed by atoms with Crippen molar-refractivity contribution in [2.75, 3.05) is 27.4 Å². The van der Waals surface area contributed by atoms with Crippen molar-refractivity contribution >= 4 is 0 Å². The summed E-state index contributed by atoms with van der Waals surface area (Å²) in [6.07, 6.45) is 4.55. The van der Waals surface area contributed by atoms with Crippen molar-refractivity contribution in [2.45, 2.75) is 19.6 Å². The van der Waals surface area contributed by atoms with Gasteiger partial charge < -0.3 is 19.5 Å². The molecule has 2 aromatic rings. The maximum absolute atomic E-state index is 5.89. The van der Waals surface area contributed by atoms with Gasteiger partial charge in [-0.15, -0.1) is 0 Å². The van der Waals surface area contributed by atoms with Crippen molar-refractivity contribution in [3.05, 3.63) is 53.9 Å². The first-order valence-electron chi connectivity index (χ1n) is 7.71. The second-order valence-corrected chi connectivity index (χ2v) is 5.16. The third kappa shape index (κ3) is 5.88. The van der Waals surface area contributed by atoms with Crippen molar-refractivity contribution in [1.82, 2.24) is 10.3 Å². The van der Waals surface area contributed by atoms with E-state index in [1.807, 2.05) is 30.3 Å². The Kier molecular flexibility index (Phi) is 7.36. The maximum Gasteiger partial charge on any atom is 0.161 e. The van der Waals surface area contributed by atoms with Crippen molar-refractivity contribution in [3.8, 4) is 11.5 Å². The highest BCUT2D eigenvalue weighted by Gasteiger charge is 2.06. The van der Waals surface area contributed by atoms with Gasteiger partial charge in [0.2, 0.25) is 0 Å². The van der Waals surface area contributed by atoms with Crippen LogP contribution in [0.25, 0.3) is 0 Å². The molecule has 0 radical (unpaired) electrons. The zero-order valence-corrected chi connectivity index (χ0v) is 13.7. The molecule has 0 saturated heterocycles. The van der Waals surface area contributed by atoms with Crippen LogP contribution in [0.2, 0.25) is 0 Å². The number of methoxy groups -OCH3 is 2. The summed E-state index contributed by atoms with van der Waals surface area (Å²) >= 11 is 0. The van der Waals surface area contributed by atoms with Crippen LogP contribution in [0, 0.1) is 0 Å². The summed E-state index contributed by atoms with van der Waals surface area (Å²) in [5, 5.41) is 3.39. The summed E-state index contributed by atoms with van der Waals surface area (Å²) in [5.41, 5.74) is 2.18. The number of nitrogens with zero attached hydrogens (tertiary/aromatic N) is 1. The third-order valence-corrected chi connectivity index (χ3v) is 3.38. The fourth-order valence-electron chi connectivity index (χ4n) is 2.16. The Labute approximate surface area is 137 Å². The van der Waals surface area contributed by atoms with Gasteiger partial charge in [-0.3, -0.25) is 4.98 Å². The lowest BCUT2D eigenvalue weighted by molar-refractivity contribution is 0.194. The van der Waals surface area contributed by atoms with Gasteiger partial charge in [0, 0.05) is 38.2 Å². The molecule has 23 heavy (non-hydrogen) atoms. The normalized spacial score (nSPS) is 10.5. The van der Waals surface area contributed by atoms with E-state index < -0.39 is 0 Å². The van der Waals surface area contributed by atoms with Gasteiger partial charge in [0.15, 0.2) is 11.5 Å². The Hall–Kier alpha value is -2.11. The number of rotatable bonds is 10. The summed E-state index contributed by atoms with van der Waals surface area (Å²) in [7, 11) is 3.37. The monoisotopic (exact) mass is 316 g/mol. The van der Waals surface area contributed by atoms with Crippen LogP contribution in [0.4, 0.5) is 0 Å². The van der Waals surface area contributed by atoms with Crippen LogP contribution in [0.15, 0.2) is 42.7 Å². The molecule has 124 valence electrons. The van der Waals surface area contributed by atoms with Gasteiger partial charge in [0.1, 0.15) is 6.61 Å². The lowest BCUT2D eigenvalue weighted by Crippen LogP contribution is -2.16. The van der Waals surface area contributed by atoms with E-state index in [9.17, 15) is 0 Å². The number of aromatic nitrogens is 1. The SMILES string of the molecule is COCCCNCc1ccc(OC)c(OCc2cccnc2)c1. The molecule has 1 heterocycles. The Bertz CT molecular complexity index is 576. The van der Waals surface area contributed by atoms with Crippen molar-refractivity contribution in [3.63, 3.8) is 0 Å². The van der Waals surface area contributed by atoms with Crippen molar-refractivity contribution < 1.29 is 14.2 Å². The van der Waals surface area contributed by atoms with Crippen LogP contribution in [0.1, 0.15) is 17.5 Å². The van der Waals surface area contributed by atoms with Gasteiger partial charge in [-0.1, -0.05) is 12.1 Å². The summed E-state index contributed by atoms with van der Waals surface area (Å²) < 4.78 is 16.3. The second kappa shape index (κ2) is 9.82. The van der Waals surface area contributed by atoms with Gasteiger partial charge in [0.05, 0.1) is 7.11 Å². The summed E-state index contributed by atoms with van der Waals surface area (Å²) in [5.74, 6) is 1.48. The first-order chi connectivity index (χ1) is 11.3. The standard InChI is InChI=1S/C18H24N2O3/c1-21-10-4-9-20-12-15-6-7-17(22-2)18(11-15)23-14-16-5-3-8-19-13-16/h3,5-8,11,13,20H,4,9-10,12,14H2,1-2H3. The zero-order chi connectivity index (χ0) is 16.3. The van der Waals surface area contributed by atoms with Crippen LogP contribution in [-0.2, 0) is 17.9 Å². The van der Waals surface area contributed by atoms with Crippen LogP contribution in [0.3, 0.4) is 0 Å². The molecular weight excluding hydrogens is 292 g/mol. The number of nitrogens with one attached hydrogen (secondary N) is 1. The molecule has 0 atom stereocenters. The van der Waals surface area contributed by atoms with Crippen molar-refractivity contribution in [2.24, 2.45) is 0 Å². The first kappa shape index (κ1) is 17.2. The number of pyridine rings is 1. The van der Waals surface area contributed by atoms with Gasteiger partial charge in [-0.25, -0.2) is 0 Å². The van der Waals surface area contributed by atoms with Crippen LogP contribution in [-0.4, -0.2) is 32.4 Å². The van der Waals surface area contributed by atoms with E-state index in [2.05, 4.69) is 10.3 Å². The van der Waals surface area contributed by atoms with Crippen LogP contribution < -0.4 is 14.8 Å². The van der Waals surface area contributed by atoms with Gasteiger partial charge in [-0.05, 0) is 36.7 Å². The molecule has 0 spiro atoms. The smallest absolute Gasteiger partial charge is 0.161 e. The predicted octanol–water partition coefficient (Wildman–Crippen LogP) is 2.80. The average Bonchev–Trinajstić information content (AvgIpc) is 2.61. The first-order valence-corrected chi connectivity index (χ1v) is 7.71. The van der Waals surface area contributed by atoms with E-state index in [-0.39, 0.29) is 0 Å². The highest BCUT2D eigenvalue weighted by atomic mass is 16.5. The Morgan fingerprint density at radius 3 is 2.74 bits per heavy atom. The molecule has 0 aliphatic rings. The Balaban J connectivity index is 1.92. The van der Waals surface area contributed by atoms with E-state index in [4.69, 9.17) is 14.2 Å². The number of hydrogen-bond donors (Lipinski definition) is 1. The predicted molar refractivity (Wildman–Crippen MR) is 89.8 cm³/mol. The Morgan fingerprint density at radius 2 is 2.00 bits per heavy atom. The minimum Gasteiger partial charge on any atom is -0.493 e. The van der Waals surface area contributed by atoms with Gasteiger partial charge in [0.25, 0.3) is 0 Å². The fourth-order valence-corrected chi connectivity index (χ4v) is 2.16. The quantitative estimate of drug-likeness (QED) is 0.683. The van der Waals surface area contributed by atoms with Crippen LogP contribution >= 0.6 is 0 Å². The largest absolute Gasteiger partial charge is 0.493 e. The molecule has 5 nitrogen and oxygen atoms in total. The highest BCUT2D eigenvalue weighted by molar-refractivity contribution is 5.43. The lowest BCUT2D eigenvalue weighted by atomic mass is 10.2. The molecule has 0 aliphatic heterocycles. The fraction of sp³-hybridized carbons (Fsp3) is 0.389. The molecule has 1 aromatic heterocycles. The molecule has 0 saturated carbocycles. The third-order valence-electron chi connectivity index (χ3n) is 3.38. The topological polar surface area (TPSA) is 52.6 Å². The lowest BCUT2D eigenvalue weighted by Gasteiger charge is -2.13. The Morgan fingerprint density at radius 1 is 1.09 bits per heavy atom. The summed E-state index contributed by atoms with van der Waals surface area (Å²) in [6, 6.07) is 9.87. The van der Waals surface area contributed by atoms with E-state index >= 15 is 0 Å². The van der Waals surface area contributed by atoms with Crippen molar-refractivity contribution in [1.29, 1.82) is 0 Å². The second-order valence-electron chi connectivity index (χ2n) is 5.16. The molecule has 0 amide bonds. The van der Waals surface area contributed by atoms with E-state index in [1.54, 1.807) is 26.6 Å². The molecule has 0 bridgehead atoms. The zero-order valence-electron chi connectivity index (χ0n) is 13.7. The minimum absolute atomic E-state index is 0.467. The van der Waals surface area contributed by atoms with Crippen LogP contribution in [0.5, 0.6) is 11.5 Å². The molecule has 0 aliphatic carbocycles. The molecule has 5 heteroatoms. The number of benzene rings is 1. The summed E-state index contributed by atoms with van der Waals surface area (Å²) in [6.45, 7) is 2.95.